The number of likely N-dealkylation sites (tertiary alicyclic amines) is 1. The molecule has 1 aliphatic heterocycles. The number of hydrogen-bond acceptors (Lipinski definition) is 1. The van der Waals surface area contributed by atoms with Crippen molar-refractivity contribution in [2.24, 2.45) is 5.92 Å². The van der Waals surface area contributed by atoms with Crippen LogP contribution in [0.1, 0.15) is 26.2 Å². The summed E-state index contributed by atoms with van der Waals surface area (Å²) in [7, 11) is 0. The second-order valence-electron chi connectivity index (χ2n) is 3.57. The predicted molar refractivity (Wildman–Crippen MR) is 49.8 cm³/mol. The summed E-state index contributed by atoms with van der Waals surface area (Å²) in [5.74, 6) is 0.858. The van der Waals surface area contributed by atoms with Crippen LogP contribution in [-0.2, 0) is 4.79 Å². The number of hydrogen-bond donors (Lipinski definition) is 0. The largest absolute Gasteiger partial charge is 0.339 e. The highest BCUT2D eigenvalue weighted by Crippen LogP contribution is 2.16. The Morgan fingerprint density at radius 3 is 2.92 bits per heavy atom. The Labute approximate surface area is 74.2 Å². The van der Waals surface area contributed by atoms with E-state index in [1.807, 2.05) is 4.90 Å². The van der Waals surface area contributed by atoms with Crippen molar-refractivity contribution in [1.82, 2.24) is 4.90 Å². The standard InChI is InChI=1S/C10H17NO/c1-3-10(12)11-7-4-5-9(2)6-8-11/h3,9H,1,4-8H2,2H3/t9-/m0/s1. The average Bonchev–Trinajstić information content (AvgIpc) is 2.29. The van der Waals surface area contributed by atoms with Crippen molar-refractivity contribution in [1.29, 1.82) is 0 Å². The molecule has 0 unspecified atom stereocenters. The van der Waals surface area contributed by atoms with Crippen LogP contribution in [-0.4, -0.2) is 23.9 Å². The van der Waals surface area contributed by atoms with Crippen LogP contribution in [0.2, 0.25) is 0 Å². The van der Waals surface area contributed by atoms with E-state index in [0.29, 0.717) is 0 Å². The number of amides is 1. The second-order valence-corrected chi connectivity index (χ2v) is 3.57. The highest BCUT2D eigenvalue weighted by Gasteiger charge is 2.15. The molecule has 0 N–H and O–H groups in total. The first-order chi connectivity index (χ1) is 5.74. The van der Waals surface area contributed by atoms with Crippen molar-refractivity contribution in [3.05, 3.63) is 12.7 Å². The van der Waals surface area contributed by atoms with Crippen LogP contribution < -0.4 is 0 Å². The summed E-state index contributed by atoms with van der Waals surface area (Å²) < 4.78 is 0. The molecule has 0 saturated carbocycles. The summed E-state index contributed by atoms with van der Waals surface area (Å²) in [6.45, 7) is 7.57. The summed E-state index contributed by atoms with van der Waals surface area (Å²) in [6, 6.07) is 0. The molecule has 2 heteroatoms. The molecule has 0 aromatic carbocycles. The molecular formula is C10H17NO. The van der Waals surface area contributed by atoms with Gasteiger partial charge in [-0.05, 0) is 31.3 Å². The van der Waals surface area contributed by atoms with E-state index in [1.165, 1.54) is 12.5 Å². The molecule has 0 aliphatic carbocycles. The number of nitrogens with zero attached hydrogens (tertiary/aromatic N) is 1. The summed E-state index contributed by atoms with van der Waals surface area (Å²) in [5, 5.41) is 0. The zero-order valence-electron chi connectivity index (χ0n) is 7.75. The zero-order valence-corrected chi connectivity index (χ0v) is 7.75. The molecule has 2 nitrogen and oxygen atoms in total. The van der Waals surface area contributed by atoms with Gasteiger partial charge in [-0.15, -0.1) is 0 Å². The fourth-order valence-electron chi connectivity index (χ4n) is 1.61. The molecule has 1 rings (SSSR count). The van der Waals surface area contributed by atoms with Gasteiger partial charge >= 0.3 is 0 Å². The van der Waals surface area contributed by atoms with Crippen molar-refractivity contribution < 1.29 is 4.79 Å². The van der Waals surface area contributed by atoms with Crippen LogP contribution in [0, 0.1) is 5.92 Å². The van der Waals surface area contributed by atoms with Gasteiger partial charge in [0.05, 0.1) is 0 Å². The smallest absolute Gasteiger partial charge is 0.245 e. The Hall–Kier alpha value is -0.790. The van der Waals surface area contributed by atoms with Crippen LogP contribution in [0.3, 0.4) is 0 Å². The lowest BCUT2D eigenvalue weighted by molar-refractivity contribution is -0.125. The normalized spacial score (nSPS) is 24.8. The van der Waals surface area contributed by atoms with Gasteiger partial charge in [-0.2, -0.15) is 0 Å². The highest BCUT2D eigenvalue weighted by atomic mass is 16.2. The Balaban J connectivity index is 2.45. The fourth-order valence-corrected chi connectivity index (χ4v) is 1.61. The summed E-state index contributed by atoms with van der Waals surface area (Å²) in [6.07, 6.45) is 4.94. The lowest BCUT2D eigenvalue weighted by Gasteiger charge is -2.17. The fraction of sp³-hybridized carbons (Fsp3) is 0.700. The van der Waals surface area contributed by atoms with Crippen molar-refractivity contribution in [2.75, 3.05) is 13.1 Å². The minimum atomic E-state index is 0.0871. The molecular weight excluding hydrogens is 150 g/mol. The minimum absolute atomic E-state index is 0.0871. The minimum Gasteiger partial charge on any atom is -0.339 e. The van der Waals surface area contributed by atoms with Crippen LogP contribution in [0.25, 0.3) is 0 Å². The van der Waals surface area contributed by atoms with Gasteiger partial charge in [-0.3, -0.25) is 4.79 Å². The van der Waals surface area contributed by atoms with Gasteiger partial charge in [-0.1, -0.05) is 13.5 Å². The van der Waals surface area contributed by atoms with Gasteiger partial charge in [0.15, 0.2) is 0 Å². The maximum atomic E-state index is 11.2. The van der Waals surface area contributed by atoms with E-state index in [4.69, 9.17) is 0 Å². The second kappa shape index (κ2) is 4.29. The van der Waals surface area contributed by atoms with Gasteiger partial charge in [0, 0.05) is 13.1 Å². The molecule has 0 bridgehead atoms. The van der Waals surface area contributed by atoms with Gasteiger partial charge in [0.1, 0.15) is 0 Å². The molecule has 1 fully saturated rings. The molecule has 0 aromatic heterocycles. The molecule has 68 valence electrons. The van der Waals surface area contributed by atoms with Crippen LogP contribution >= 0.6 is 0 Å². The molecule has 1 heterocycles. The molecule has 0 spiro atoms. The molecule has 1 atom stereocenters. The maximum absolute atomic E-state index is 11.2. The SMILES string of the molecule is C=CC(=O)N1CCC[C@H](C)CC1. The predicted octanol–water partition coefficient (Wildman–Crippen LogP) is 1.82. The van der Waals surface area contributed by atoms with Gasteiger partial charge in [0.2, 0.25) is 5.91 Å². The van der Waals surface area contributed by atoms with E-state index in [1.54, 1.807) is 0 Å². The Morgan fingerprint density at radius 1 is 1.50 bits per heavy atom. The van der Waals surface area contributed by atoms with Crippen molar-refractivity contribution in [3.8, 4) is 0 Å². The van der Waals surface area contributed by atoms with Crippen LogP contribution in [0.4, 0.5) is 0 Å². The number of carbonyl (C=O) groups is 1. The van der Waals surface area contributed by atoms with E-state index < -0.39 is 0 Å². The van der Waals surface area contributed by atoms with E-state index >= 15 is 0 Å². The lowest BCUT2D eigenvalue weighted by Crippen LogP contribution is -2.30. The monoisotopic (exact) mass is 167 g/mol. The van der Waals surface area contributed by atoms with Gasteiger partial charge in [-0.25, -0.2) is 0 Å². The van der Waals surface area contributed by atoms with Crippen molar-refractivity contribution in [2.45, 2.75) is 26.2 Å². The third kappa shape index (κ3) is 2.36. The Morgan fingerprint density at radius 2 is 2.25 bits per heavy atom. The van der Waals surface area contributed by atoms with Crippen molar-refractivity contribution >= 4 is 5.91 Å². The molecule has 12 heavy (non-hydrogen) atoms. The summed E-state index contributed by atoms with van der Waals surface area (Å²) in [5.41, 5.74) is 0. The zero-order chi connectivity index (χ0) is 8.97. The third-order valence-electron chi connectivity index (χ3n) is 2.50. The molecule has 1 aliphatic rings. The third-order valence-corrected chi connectivity index (χ3v) is 2.50. The van der Waals surface area contributed by atoms with Crippen LogP contribution in [0.15, 0.2) is 12.7 Å². The molecule has 0 radical (unpaired) electrons. The molecule has 0 aromatic rings. The van der Waals surface area contributed by atoms with Gasteiger partial charge in [0.25, 0.3) is 0 Å². The number of rotatable bonds is 1. The van der Waals surface area contributed by atoms with E-state index in [-0.39, 0.29) is 5.91 Å². The van der Waals surface area contributed by atoms with Crippen molar-refractivity contribution in [3.63, 3.8) is 0 Å². The summed E-state index contributed by atoms with van der Waals surface area (Å²) >= 11 is 0. The maximum Gasteiger partial charge on any atom is 0.245 e. The van der Waals surface area contributed by atoms with E-state index in [2.05, 4.69) is 13.5 Å². The number of carbonyl (C=O) groups excluding carboxylic acids is 1. The average molecular weight is 167 g/mol. The van der Waals surface area contributed by atoms with E-state index in [0.717, 1.165) is 31.8 Å². The Bertz CT molecular complexity index is 177. The Kier molecular flexibility index (Phi) is 3.32. The van der Waals surface area contributed by atoms with Crippen LogP contribution in [0.5, 0.6) is 0 Å². The topological polar surface area (TPSA) is 20.3 Å². The molecule has 1 saturated heterocycles. The van der Waals surface area contributed by atoms with Gasteiger partial charge < -0.3 is 4.90 Å². The first-order valence-electron chi connectivity index (χ1n) is 4.65. The first-order valence-corrected chi connectivity index (χ1v) is 4.65. The quantitative estimate of drug-likeness (QED) is 0.545. The lowest BCUT2D eigenvalue weighted by atomic mass is 10.0. The first kappa shape index (κ1) is 9.30. The van der Waals surface area contributed by atoms with E-state index in [9.17, 15) is 4.79 Å². The summed E-state index contributed by atoms with van der Waals surface area (Å²) in [4.78, 5) is 13.1. The molecule has 1 amide bonds. The highest BCUT2D eigenvalue weighted by molar-refractivity contribution is 5.86.